The number of amidine groups is 1. The minimum atomic E-state index is -0.188. The molecule has 0 aromatic rings. The molecular weight excluding hydrogens is 212 g/mol. The highest BCUT2D eigenvalue weighted by molar-refractivity contribution is 8.14. The summed E-state index contributed by atoms with van der Waals surface area (Å²) in [5.74, 6) is 0.449. The number of nitrogens with zero attached hydrogens (tertiary/aromatic N) is 1. The topological polar surface area (TPSA) is 50.7 Å². The van der Waals surface area contributed by atoms with Gasteiger partial charge in [0.2, 0.25) is 0 Å². The van der Waals surface area contributed by atoms with Crippen molar-refractivity contribution in [2.24, 2.45) is 10.9 Å². The van der Waals surface area contributed by atoms with Crippen molar-refractivity contribution in [2.45, 2.75) is 25.5 Å². The van der Waals surface area contributed by atoms with Gasteiger partial charge in [0.25, 0.3) is 0 Å². The van der Waals surface area contributed by atoms with Gasteiger partial charge in [-0.3, -0.25) is 9.79 Å². The molecule has 0 saturated carbocycles. The lowest BCUT2D eigenvalue weighted by atomic mass is 10.1. The van der Waals surface area contributed by atoms with Crippen LogP contribution in [0.25, 0.3) is 0 Å². The number of esters is 1. The Morgan fingerprint density at radius 1 is 1.73 bits per heavy atom. The molecule has 1 aliphatic heterocycles. The van der Waals surface area contributed by atoms with E-state index in [1.54, 1.807) is 11.8 Å². The van der Waals surface area contributed by atoms with Crippen molar-refractivity contribution < 1.29 is 9.53 Å². The van der Waals surface area contributed by atoms with Crippen LogP contribution in [0.15, 0.2) is 4.99 Å². The molecule has 0 amide bonds. The van der Waals surface area contributed by atoms with Gasteiger partial charge in [-0.15, -0.1) is 0 Å². The molecule has 15 heavy (non-hydrogen) atoms. The summed E-state index contributed by atoms with van der Waals surface area (Å²) in [4.78, 5) is 15.2. The number of aliphatic imine (C=N–C) groups is 1. The minimum absolute atomic E-state index is 0.188. The fourth-order valence-corrected chi connectivity index (χ4v) is 2.25. The molecule has 0 radical (unpaired) electrons. The maximum Gasteiger partial charge on any atom is 0.307 e. The van der Waals surface area contributed by atoms with Crippen LogP contribution in [0.4, 0.5) is 0 Å². The van der Waals surface area contributed by atoms with Crippen molar-refractivity contribution in [2.75, 3.05) is 20.2 Å². The number of nitrogens with one attached hydrogen (secondary N) is 1. The molecule has 1 unspecified atom stereocenters. The summed E-state index contributed by atoms with van der Waals surface area (Å²) in [5, 5.41) is 4.67. The van der Waals surface area contributed by atoms with Crippen molar-refractivity contribution in [1.82, 2.24) is 5.32 Å². The van der Waals surface area contributed by atoms with Gasteiger partial charge < -0.3 is 10.1 Å². The predicted octanol–water partition coefficient (Wildman–Crippen LogP) is 1.27. The van der Waals surface area contributed by atoms with Gasteiger partial charge in [-0.05, 0) is 5.92 Å². The summed E-state index contributed by atoms with van der Waals surface area (Å²) < 4.78 is 4.55. The summed E-state index contributed by atoms with van der Waals surface area (Å²) >= 11 is 1.76. The van der Waals surface area contributed by atoms with Crippen molar-refractivity contribution >= 4 is 22.9 Å². The summed E-state index contributed by atoms with van der Waals surface area (Å²) in [6.07, 6.45) is 0.391. The van der Waals surface area contributed by atoms with E-state index in [0.717, 1.165) is 11.7 Å². The average Bonchev–Trinajstić information content (AvgIpc) is 2.66. The molecule has 0 aromatic heterocycles. The van der Waals surface area contributed by atoms with Crippen LogP contribution in [0.1, 0.15) is 20.3 Å². The van der Waals surface area contributed by atoms with E-state index in [-0.39, 0.29) is 5.97 Å². The zero-order valence-electron chi connectivity index (χ0n) is 9.45. The predicted molar refractivity (Wildman–Crippen MR) is 63.2 cm³/mol. The van der Waals surface area contributed by atoms with E-state index < -0.39 is 0 Å². The Hall–Kier alpha value is -0.710. The van der Waals surface area contributed by atoms with Crippen LogP contribution in [0.5, 0.6) is 0 Å². The third kappa shape index (κ3) is 4.11. The summed E-state index contributed by atoms with van der Waals surface area (Å²) in [6, 6.07) is 0. The Bertz CT molecular complexity index is 254. The first-order chi connectivity index (χ1) is 7.13. The van der Waals surface area contributed by atoms with Crippen molar-refractivity contribution in [3.05, 3.63) is 0 Å². The van der Waals surface area contributed by atoms with Crippen LogP contribution in [0.2, 0.25) is 0 Å². The molecular formula is C10H18N2O2S. The van der Waals surface area contributed by atoms with Gasteiger partial charge in [0, 0.05) is 11.8 Å². The fraction of sp³-hybridized carbons (Fsp3) is 0.800. The van der Waals surface area contributed by atoms with E-state index in [2.05, 4.69) is 28.9 Å². The second kappa shape index (κ2) is 6.00. The van der Waals surface area contributed by atoms with Crippen molar-refractivity contribution in [3.8, 4) is 0 Å². The first-order valence-corrected chi connectivity index (χ1v) is 6.03. The lowest BCUT2D eigenvalue weighted by molar-refractivity contribution is -0.140. The highest BCUT2D eigenvalue weighted by Gasteiger charge is 2.22. The van der Waals surface area contributed by atoms with Gasteiger partial charge >= 0.3 is 5.97 Å². The van der Waals surface area contributed by atoms with Gasteiger partial charge in [0.15, 0.2) is 5.17 Å². The number of carbonyl (C=O) groups excluding carboxylic acids is 1. The van der Waals surface area contributed by atoms with Crippen LogP contribution in [0, 0.1) is 5.92 Å². The number of rotatable bonds is 4. The molecule has 1 rings (SSSR count). The Morgan fingerprint density at radius 2 is 2.47 bits per heavy atom. The normalized spacial score (nSPS) is 20.3. The number of carbonyl (C=O) groups is 1. The van der Waals surface area contributed by atoms with Gasteiger partial charge in [-0.2, -0.15) is 0 Å². The van der Waals surface area contributed by atoms with E-state index in [0.29, 0.717) is 24.1 Å². The fourth-order valence-electron chi connectivity index (χ4n) is 1.21. The monoisotopic (exact) mass is 230 g/mol. The van der Waals surface area contributed by atoms with E-state index >= 15 is 0 Å². The minimum Gasteiger partial charge on any atom is -0.469 e. The lowest BCUT2D eigenvalue weighted by Crippen LogP contribution is -2.23. The standard InChI is InChI=1S/C10H18N2O2S/c1-7(2)8-6-12-10(15-8)11-5-4-9(13)14-3/h7-8H,4-6H2,1-3H3,(H,11,12). The highest BCUT2D eigenvalue weighted by Crippen LogP contribution is 2.25. The highest BCUT2D eigenvalue weighted by atomic mass is 32.2. The van der Waals surface area contributed by atoms with Crippen LogP contribution in [-0.4, -0.2) is 36.6 Å². The van der Waals surface area contributed by atoms with Gasteiger partial charge in [0.1, 0.15) is 0 Å². The van der Waals surface area contributed by atoms with Gasteiger partial charge in [0.05, 0.1) is 20.1 Å². The molecule has 5 heteroatoms. The molecule has 0 fully saturated rings. The van der Waals surface area contributed by atoms with Crippen LogP contribution in [0.3, 0.4) is 0 Å². The van der Waals surface area contributed by atoms with E-state index in [1.807, 2.05) is 0 Å². The number of hydrogen-bond acceptors (Lipinski definition) is 5. The SMILES string of the molecule is COC(=O)CCNC1=NCC(C(C)C)S1. The second-order valence-electron chi connectivity index (χ2n) is 3.80. The largest absolute Gasteiger partial charge is 0.469 e. The molecule has 1 atom stereocenters. The molecule has 86 valence electrons. The molecule has 1 heterocycles. The smallest absolute Gasteiger partial charge is 0.307 e. The number of ether oxygens (including phenoxy) is 1. The Labute approximate surface area is 94.9 Å². The van der Waals surface area contributed by atoms with Crippen molar-refractivity contribution in [1.29, 1.82) is 0 Å². The molecule has 4 nitrogen and oxygen atoms in total. The molecule has 0 saturated heterocycles. The Kier molecular flexibility index (Phi) is 4.94. The molecule has 1 aliphatic rings. The third-order valence-electron chi connectivity index (χ3n) is 2.25. The number of methoxy groups -OCH3 is 1. The number of hydrogen-bond donors (Lipinski definition) is 1. The molecule has 0 aromatic carbocycles. The van der Waals surface area contributed by atoms with Gasteiger partial charge in [-0.1, -0.05) is 25.6 Å². The molecule has 0 spiro atoms. The van der Waals surface area contributed by atoms with E-state index in [4.69, 9.17) is 0 Å². The average molecular weight is 230 g/mol. The summed E-state index contributed by atoms with van der Waals surface area (Å²) in [6.45, 7) is 5.88. The van der Waals surface area contributed by atoms with Gasteiger partial charge in [-0.25, -0.2) is 0 Å². The van der Waals surface area contributed by atoms with Crippen molar-refractivity contribution in [3.63, 3.8) is 0 Å². The van der Waals surface area contributed by atoms with Crippen LogP contribution in [-0.2, 0) is 9.53 Å². The quantitative estimate of drug-likeness (QED) is 0.739. The Morgan fingerprint density at radius 3 is 3.00 bits per heavy atom. The maximum atomic E-state index is 10.8. The Balaban J connectivity index is 2.16. The van der Waals surface area contributed by atoms with E-state index in [1.165, 1.54) is 7.11 Å². The lowest BCUT2D eigenvalue weighted by Gasteiger charge is -2.11. The zero-order chi connectivity index (χ0) is 11.3. The number of thioether (sulfide) groups is 1. The van der Waals surface area contributed by atoms with Crippen LogP contribution >= 0.6 is 11.8 Å². The first kappa shape index (κ1) is 12.4. The second-order valence-corrected chi connectivity index (χ2v) is 5.03. The molecule has 0 aliphatic carbocycles. The summed E-state index contributed by atoms with van der Waals surface area (Å²) in [7, 11) is 1.40. The molecule has 0 bridgehead atoms. The maximum absolute atomic E-state index is 10.8. The summed E-state index contributed by atoms with van der Waals surface area (Å²) in [5.41, 5.74) is 0. The first-order valence-electron chi connectivity index (χ1n) is 5.15. The van der Waals surface area contributed by atoms with Crippen LogP contribution < -0.4 is 5.32 Å². The zero-order valence-corrected chi connectivity index (χ0v) is 10.3. The third-order valence-corrected chi connectivity index (χ3v) is 3.75. The van der Waals surface area contributed by atoms with E-state index in [9.17, 15) is 4.79 Å². The molecule has 1 N–H and O–H groups in total.